The van der Waals surface area contributed by atoms with Crippen molar-refractivity contribution in [1.29, 1.82) is 0 Å². The van der Waals surface area contributed by atoms with Gasteiger partial charge >= 0.3 is 0 Å². The highest BCUT2D eigenvalue weighted by Gasteiger charge is 2.18. The molecule has 0 aliphatic heterocycles. The zero-order valence-electron chi connectivity index (χ0n) is 13.6. The normalized spacial score (nSPS) is 10.5. The molecule has 128 valence electrons. The van der Waals surface area contributed by atoms with Crippen molar-refractivity contribution in [3.8, 4) is 0 Å². The predicted molar refractivity (Wildman–Crippen MR) is 98.6 cm³/mol. The van der Waals surface area contributed by atoms with Gasteiger partial charge in [-0.3, -0.25) is 9.59 Å². The van der Waals surface area contributed by atoms with Gasteiger partial charge in [0.2, 0.25) is 11.8 Å². The second-order valence-corrected chi connectivity index (χ2v) is 6.68. The molecule has 6 heteroatoms. The predicted octanol–water partition coefficient (Wildman–Crippen LogP) is 3.30. The topological polar surface area (TPSA) is 89.4 Å². The van der Waals surface area contributed by atoms with E-state index < -0.39 is 0 Å². The van der Waals surface area contributed by atoms with Crippen molar-refractivity contribution in [2.24, 2.45) is 5.73 Å². The lowest BCUT2D eigenvalue weighted by Gasteiger charge is -2.24. The van der Waals surface area contributed by atoms with Crippen molar-refractivity contribution in [3.05, 3.63) is 46.7 Å². The fourth-order valence-corrected chi connectivity index (χ4v) is 3.18. The Kier molecular flexibility index (Phi) is 6.81. The fourth-order valence-electron chi connectivity index (χ4n) is 2.49. The molecule has 2 aromatic rings. The van der Waals surface area contributed by atoms with E-state index in [2.05, 4.69) is 0 Å². The Bertz CT molecular complexity index is 671. The Morgan fingerprint density at radius 3 is 2.42 bits per heavy atom. The SMILES string of the molecule is NC(=O)CCCCCC(=O)N(Cc1cccs1)c1ccccc1N. The largest absolute Gasteiger partial charge is 0.397 e. The van der Waals surface area contributed by atoms with Crippen LogP contribution < -0.4 is 16.4 Å². The number of nitrogens with two attached hydrogens (primary N) is 2. The molecule has 1 aromatic heterocycles. The van der Waals surface area contributed by atoms with E-state index in [0.717, 1.165) is 29.8 Å². The molecule has 2 amide bonds. The number of para-hydroxylation sites is 2. The molecule has 0 unspecified atom stereocenters. The van der Waals surface area contributed by atoms with Gasteiger partial charge in [0.25, 0.3) is 0 Å². The quantitative estimate of drug-likeness (QED) is 0.540. The number of carbonyl (C=O) groups excluding carboxylic acids is 2. The summed E-state index contributed by atoms with van der Waals surface area (Å²) in [6, 6.07) is 11.4. The number of rotatable bonds is 9. The number of primary amides is 1. The number of hydrogen-bond donors (Lipinski definition) is 2. The summed E-state index contributed by atoms with van der Waals surface area (Å²) >= 11 is 1.62. The molecule has 0 spiro atoms. The van der Waals surface area contributed by atoms with E-state index in [-0.39, 0.29) is 11.8 Å². The first-order valence-electron chi connectivity index (χ1n) is 8.03. The molecule has 4 N–H and O–H groups in total. The fraction of sp³-hybridized carbons (Fsp3) is 0.333. The third-order valence-corrected chi connectivity index (χ3v) is 4.60. The van der Waals surface area contributed by atoms with E-state index in [1.54, 1.807) is 22.3 Å². The molecule has 0 saturated carbocycles. The number of carbonyl (C=O) groups is 2. The molecule has 5 nitrogen and oxygen atoms in total. The lowest BCUT2D eigenvalue weighted by molar-refractivity contribution is -0.119. The van der Waals surface area contributed by atoms with Crippen LogP contribution in [-0.4, -0.2) is 11.8 Å². The maximum atomic E-state index is 12.7. The van der Waals surface area contributed by atoms with Crippen LogP contribution in [0, 0.1) is 0 Å². The zero-order chi connectivity index (χ0) is 17.4. The minimum Gasteiger partial charge on any atom is -0.397 e. The minimum atomic E-state index is -0.294. The summed E-state index contributed by atoms with van der Waals surface area (Å²) in [4.78, 5) is 26.3. The van der Waals surface area contributed by atoms with E-state index in [0.29, 0.717) is 25.1 Å². The average molecular weight is 345 g/mol. The summed E-state index contributed by atoms with van der Waals surface area (Å²) in [6.07, 6.45) is 3.07. The molecule has 24 heavy (non-hydrogen) atoms. The van der Waals surface area contributed by atoms with Crippen molar-refractivity contribution in [3.63, 3.8) is 0 Å². The van der Waals surface area contributed by atoms with Gasteiger partial charge in [-0.25, -0.2) is 0 Å². The molecule has 0 radical (unpaired) electrons. The van der Waals surface area contributed by atoms with E-state index in [1.165, 1.54) is 0 Å². The molecular weight excluding hydrogens is 322 g/mol. The van der Waals surface area contributed by atoms with Gasteiger partial charge in [-0.05, 0) is 36.4 Å². The van der Waals surface area contributed by atoms with Gasteiger partial charge in [0.1, 0.15) is 0 Å². The van der Waals surface area contributed by atoms with Crippen molar-refractivity contribution >= 4 is 34.5 Å². The van der Waals surface area contributed by atoms with E-state index in [1.807, 2.05) is 35.7 Å². The van der Waals surface area contributed by atoms with Crippen LogP contribution in [0.1, 0.15) is 37.0 Å². The highest BCUT2D eigenvalue weighted by molar-refractivity contribution is 7.09. The smallest absolute Gasteiger partial charge is 0.227 e. The summed E-state index contributed by atoms with van der Waals surface area (Å²) in [5.41, 5.74) is 12.5. The van der Waals surface area contributed by atoms with Crippen LogP contribution in [0.5, 0.6) is 0 Å². The number of hydrogen-bond acceptors (Lipinski definition) is 4. The van der Waals surface area contributed by atoms with E-state index >= 15 is 0 Å². The van der Waals surface area contributed by atoms with Crippen LogP contribution in [0.3, 0.4) is 0 Å². The Morgan fingerprint density at radius 1 is 1.00 bits per heavy atom. The monoisotopic (exact) mass is 345 g/mol. The number of anilines is 2. The highest BCUT2D eigenvalue weighted by atomic mass is 32.1. The summed E-state index contributed by atoms with van der Waals surface area (Å²) in [7, 11) is 0. The van der Waals surface area contributed by atoms with Crippen molar-refractivity contribution < 1.29 is 9.59 Å². The average Bonchev–Trinajstić information content (AvgIpc) is 3.06. The first-order chi connectivity index (χ1) is 11.6. The third kappa shape index (κ3) is 5.38. The molecule has 0 aliphatic carbocycles. The van der Waals surface area contributed by atoms with Crippen LogP contribution in [0.25, 0.3) is 0 Å². The summed E-state index contributed by atoms with van der Waals surface area (Å²) in [5.74, 6) is -0.252. The van der Waals surface area contributed by atoms with Crippen LogP contribution in [0.4, 0.5) is 11.4 Å². The molecule has 0 bridgehead atoms. The van der Waals surface area contributed by atoms with Crippen molar-refractivity contribution in [1.82, 2.24) is 0 Å². The summed E-state index contributed by atoms with van der Waals surface area (Å²) in [5, 5.41) is 2.00. The molecule has 2 rings (SSSR count). The van der Waals surface area contributed by atoms with Crippen LogP contribution in [0.2, 0.25) is 0 Å². The lowest BCUT2D eigenvalue weighted by Crippen LogP contribution is -2.30. The van der Waals surface area contributed by atoms with Gasteiger partial charge in [0, 0.05) is 17.7 Å². The van der Waals surface area contributed by atoms with Crippen LogP contribution in [0.15, 0.2) is 41.8 Å². The molecular formula is C18H23N3O2S. The minimum absolute atomic E-state index is 0.0420. The highest BCUT2D eigenvalue weighted by Crippen LogP contribution is 2.26. The maximum Gasteiger partial charge on any atom is 0.227 e. The standard InChI is InChI=1S/C18H23N3O2S/c19-15-8-4-5-9-16(15)21(13-14-7-6-12-24-14)18(23)11-3-1-2-10-17(20)22/h4-9,12H,1-3,10-11,13,19H2,(H2,20,22). The second kappa shape index (κ2) is 9.08. The maximum absolute atomic E-state index is 12.7. The van der Waals surface area contributed by atoms with Gasteiger partial charge in [-0.2, -0.15) is 0 Å². The number of benzene rings is 1. The van der Waals surface area contributed by atoms with Gasteiger partial charge < -0.3 is 16.4 Å². The third-order valence-electron chi connectivity index (χ3n) is 3.74. The summed E-state index contributed by atoms with van der Waals surface area (Å²) in [6.45, 7) is 0.520. The number of unbranched alkanes of at least 4 members (excludes halogenated alkanes) is 2. The number of amides is 2. The van der Waals surface area contributed by atoms with E-state index in [9.17, 15) is 9.59 Å². The lowest BCUT2D eigenvalue weighted by atomic mass is 10.1. The van der Waals surface area contributed by atoms with Crippen molar-refractivity contribution in [2.75, 3.05) is 10.6 Å². The van der Waals surface area contributed by atoms with Gasteiger partial charge in [-0.1, -0.05) is 24.6 Å². The zero-order valence-corrected chi connectivity index (χ0v) is 14.4. The van der Waals surface area contributed by atoms with Gasteiger partial charge in [0.15, 0.2) is 0 Å². The first kappa shape index (κ1) is 18.0. The van der Waals surface area contributed by atoms with Crippen LogP contribution >= 0.6 is 11.3 Å². The summed E-state index contributed by atoms with van der Waals surface area (Å²) < 4.78 is 0. The number of nitrogens with zero attached hydrogens (tertiary/aromatic N) is 1. The molecule has 1 heterocycles. The molecule has 0 fully saturated rings. The molecule has 0 atom stereocenters. The Morgan fingerprint density at radius 2 is 1.75 bits per heavy atom. The molecule has 0 aliphatic rings. The Hall–Kier alpha value is -2.34. The first-order valence-corrected chi connectivity index (χ1v) is 8.91. The van der Waals surface area contributed by atoms with Crippen molar-refractivity contribution in [2.45, 2.75) is 38.6 Å². The number of thiophene rings is 1. The van der Waals surface area contributed by atoms with E-state index in [4.69, 9.17) is 11.5 Å². The second-order valence-electron chi connectivity index (χ2n) is 5.65. The molecule has 1 aromatic carbocycles. The van der Waals surface area contributed by atoms with Crippen LogP contribution in [-0.2, 0) is 16.1 Å². The number of nitrogen functional groups attached to an aromatic ring is 1. The Balaban J connectivity index is 2.01. The van der Waals surface area contributed by atoms with Gasteiger partial charge in [0.05, 0.1) is 17.9 Å². The van der Waals surface area contributed by atoms with Gasteiger partial charge in [-0.15, -0.1) is 11.3 Å². The molecule has 0 saturated heterocycles. The Labute approximate surface area is 146 Å².